The van der Waals surface area contributed by atoms with Crippen molar-refractivity contribution in [1.29, 1.82) is 0 Å². The summed E-state index contributed by atoms with van der Waals surface area (Å²) in [5.41, 5.74) is 6.79. The van der Waals surface area contributed by atoms with Crippen LogP contribution in [0.25, 0.3) is 0 Å². The third-order valence-corrected chi connectivity index (χ3v) is 3.31. The predicted molar refractivity (Wildman–Crippen MR) is 77.3 cm³/mol. The van der Waals surface area contributed by atoms with Gasteiger partial charge in [0.25, 0.3) is 5.69 Å². The second-order valence-electron chi connectivity index (χ2n) is 4.18. The van der Waals surface area contributed by atoms with E-state index >= 15 is 0 Å². The van der Waals surface area contributed by atoms with Crippen LogP contribution in [0.2, 0.25) is 5.02 Å². The molecule has 0 saturated heterocycles. The molecule has 2 aromatic carbocycles. The van der Waals surface area contributed by atoms with E-state index in [1.54, 1.807) is 37.3 Å². The number of nitrogens with two attached hydrogens (primary N) is 1. The molecule has 0 fully saturated rings. The van der Waals surface area contributed by atoms with Crippen molar-refractivity contribution >= 4 is 17.3 Å². The zero-order valence-corrected chi connectivity index (χ0v) is 11.6. The average Bonchev–Trinajstić information content (AvgIpc) is 2.41. The Hall–Kier alpha value is -2.11. The molecular formula is C14H13ClN2O3. The van der Waals surface area contributed by atoms with Gasteiger partial charge in [-0.15, -0.1) is 0 Å². The molecule has 0 radical (unpaired) electrons. The summed E-state index contributed by atoms with van der Waals surface area (Å²) in [6.45, 7) is 1.86. The first-order valence-corrected chi connectivity index (χ1v) is 6.31. The molecule has 0 saturated carbocycles. The van der Waals surface area contributed by atoms with Crippen LogP contribution in [0, 0.1) is 17.0 Å². The molecule has 2 aromatic rings. The Morgan fingerprint density at radius 3 is 2.55 bits per heavy atom. The molecule has 2 rings (SSSR count). The summed E-state index contributed by atoms with van der Waals surface area (Å²) < 4.78 is 5.73. The number of benzene rings is 2. The molecule has 0 aliphatic heterocycles. The van der Waals surface area contributed by atoms with Crippen LogP contribution in [0.5, 0.6) is 11.5 Å². The first-order valence-electron chi connectivity index (χ1n) is 5.94. The minimum atomic E-state index is -0.440. The van der Waals surface area contributed by atoms with Gasteiger partial charge in [-0.2, -0.15) is 0 Å². The van der Waals surface area contributed by atoms with Gasteiger partial charge in [-0.1, -0.05) is 23.7 Å². The molecule has 0 unspecified atom stereocenters. The first-order chi connectivity index (χ1) is 9.54. The van der Waals surface area contributed by atoms with Gasteiger partial charge in [-0.05, 0) is 25.1 Å². The highest BCUT2D eigenvalue weighted by atomic mass is 35.5. The second-order valence-corrected chi connectivity index (χ2v) is 4.59. The molecular weight excluding hydrogens is 280 g/mol. The van der Waals surface area contributed by atoms with E-state index in [0.717, 1.165) is 0 Å². The molecule has 0 aromatic heterocycles. The summed E-state index contributed by atoms with van der Waals surface area (Å²) in [6, 6.07) is 9.87. The lowest BCUT2D eigenvalue weighted by molar-refractivity contribution is -0.385. The highest BCUT2D eigenvalue weighted by molar-refractivity contribution is 6.31. The quantitative estimate of drug-likeness (QED) is 0.686. The van der Waals surface area contributed by atoms with Crippen molar-refractivity contribution < 1.29 is 9.66 Å². The maximum absolute atomic E-state index is 10.9. The predicted octanol–water partition coefficient (Wildman–Crippen LogP) is 3.81. The lowest BCUT2D eigenvalue weighted by Crippen LogP contribution is -2.01. The van der Waals surface area contributed by atoms with Gasteiger partial charge in [0.2, 0.25) is 0 Å². The minimum Gasteiger partial charge on any atom is -0.456 e. The van der Waals surface area contributed by atoms with Crippen molar-refractivity contribution in [3.63, 3.8) is 0 Å². The van der Waals surface area contributed by atoms with Crippen molar-refractivity contribution in [2.45, 2.75) is 13.5 Å². The van der Waals surface area contributed by atoms with Gasteiger partial charge < -0.3 is 10.5 Å². The van der Waals surface area contributed by atoms with E-state index in [4.69, 9.17) is 22.1 Å². The number of rotatable bonds is 4. The Labute approximate surface area is 121 Å². The summed E-state index contributed by atoms with van der Waals surface area (Å²) in [6.07, 6.45) is 0. The number of ether oxygens (including phenoxy) is 1. The molecule has 0 aliphatic rings. The minimum absolute atomic E-state index is 0.0128. The topological polar surface area (TPSA) is 78.4 Å². The average molecular weight is 293 g/mol. The zero-order chi connectivity index (χ0) is 14.7. The van der Waals surface area contributed by atoms with Crippen molar-refractivity contribution in [3.05, 3.63) is 62.7 Å². The summed E-state index contributed by atoms with van der Waals surface area (Å²) in [4.78, 5) is 10.5. The van der Waals surface area contributed by atoms with E-state index < -0.39 is 4.92 Å². The largest absolute Gasteiger partial charge is 0.456 e. The van der Waals surface area contributed by atoms with Gasteiger partial charge in [0.05, 0.1) is 10.5 Å². The molecule has 0 amide bonds. The summed E-state index contributed by atoms with van der Waals surface area (Å²) in [7, 11) is 0. The molecule has 0 atom stereocenters. The van der Waals surface area contributed by atoms with Crippen molar-refractivity contribution in [3.8, 4) is 11.5 Å². The summed E-state index contributed by atoms with van der Waals surface area (Å²) in [5, 5.41) is 11.4. The molecule has 0 aliphatic carbocycles. The van der Waals surface area contributed by atoms with Crippen LogP contribution in [0.3, 0.4) is 0 Å². The van der Waals surface area contributed by atoms with E-state index in [1.165, 1.54) is 6.07 Å². The third kappa shape index (κ3) is 2.74. The van der Waals surface area contributed by atoms with Crippen molar-refractivity contribution in [2.75, 3.05) is 0 Å². The molecule has 2 N–H and O–H groups in total. The van der Waals surface area contributed by atoms with Crippen LogP contribution >= 0.6 is 11.6 Å². The Bertz CT molecular complexity index is 659. The maximum atomic E-state index is 10.9. The van der Waals surface area contributed by atoms with Crippen LogP contribution in [-0.4, -0.2) is 4.92 Å². The molecule has 5 nitrogen and oxygen atoms in total. The van der Waals surface area contributed by atoms with Gasteiger partial charge in [-0.25, -0.2) is 0 Å². The van der Waals surface area contributed by atoms with E-state index in [2.05, 4.69) is 0 Å². The fourth-order valence-corrected chi connectivity index (χ4v) is 2.11. The Balaban J connectivity index is 2.43. The number of nitro groups is 1. The second kappa shape index (κ2) is 5.90. The van der Waals surface area contributed by atoms with Gasteiger partial charge in [0.15, 0.2) is 0 Å². The third-order valence-electron chi connectivity index (χ3n) is 2.95. The SMILES string of the molecule is Cc1c(Oc2cccc(Cl)c2CN)cccc1[N+](=O)[O-]. The van der Waals surface area contributed by atoms with E-state index in [9.17, 15) is 10.1 Å². The van der Waals surface area contributed by atoms with Crippen LogP contribution in [0.15, 0.2) is 36.4 Å². The van der Waals surface area contributed by atoms with Gasteiger partial charge in [0.1, 0.15) is 11.5 Å². The van der Waals surface area contributed by atoms with Crippen LogP contribution in [-0.2, 0) is 6.54 Å². The molecule has 0 spiro atoms. The smallest absolute Gasteiger partial charge is 0.276 e. The number of nitrogens with zero attached hydrogens (tertiary/aromatic N) is 1. The van der Waals surface area contributed by atoms with Crippen LogP contribution in [0.4, 0.5) is 5.69 Å². The highest BCUT2D eigenvalue weighted by Gasteiger charge is 2.16. The maximum Gasteiger partial charge on any atom is 0.276 e. The van der Waals surface area contributed by atoms with Crippen molar-refractivity contribution in [1.82, 2.24) is 0 Å². The lowest BCUT2D eigenvalue weighted by Gasteiger charge is -2.13. The molecule has 6 heteroatoms. The Kier molecular flexibility index (Phi) is 4.22. The van der Waals surface area contributed by atoms with E-state index in [1.807, 2.05) is 0 Å². The van der Waals surface area contributed by atoms with Crippen molar-refractivity contribution in [2.24, 2.45) is 5.73 Å². The molecule has 104 valence electrons. The number of hydrogen-bond donors (Lipinski definition) is 1. The van der Waals surface area contributed by atoms with Gasteiger partial charge in [0, 0.05) is 23.2 Å². The fourth-order valence-electron chi connectivity index (χ4n) is 1.86. The van der Waals surface area contributed by atoms with Crippen LogP contribution < -0.4 is 10.5 Å². The fraction of sp³-hybridized carbons (Fsp3) is 0.143. The standard InChI is InChI=1S/C14H13ClN2O3/c1-9-12(17(18)19)5-3-6-13(9)20-14-7-2-4-11(15)10(14)8-16/h2-7H,8,16H2,1H3. The molecule has 0 heterocycles. The van der Waals surface area contributed by atoms with Gasteiger partial charge >= 0.3 is 0 Å². The summed E-state index contributed by atoms with van der Waals surface area (Å²) in [5.74, 6) is 0.916. The molecule has 0 bridgehead atoms. The summed E-state index contributed by atoms with van der Waals surface area (Å²) >= 11 is 6.05. The monoisotopic (exact) mass is 292 g/mol. The van der Waals surface area contributed by atoms with Gasteiger partial charge in [-0.3, -0.25) is 10.1 Å². The zero-order valence-electron chi connectivity index (χ0n) is 10.8. The molecule has 20 heavy (non-hydrogen) atoms. The highest BCUT2D eigenvalue weighted by Crippen LogP contribution is 2.34. The van der Waals surface area contributed by atoms with E-state index in [-0.39, 0.29) is 12.2 Å². The number of hydrogen-bond acceptors (Lipinski definition) is 4. The normalized spacial score (nSPS) is 10.3. The first kappa shape index (κ1) is 14.3. The number of halogens is 1. The Morgan fingerprint density at radius 2 is 1.90 bits per heavy atom. The number of nitro benzene ring substituents is 1. The lowest BCUT2D eigenvalue weighted by atomic mass is 10.1. The van der Waals surface area contributed by atoms with Crippen LogP contribution in [0.1, 0.15) is 11.1 Å². The Morgan fingerprint density at radius 1 is 1.25 bits per heavy atom. The van der Waals surface area contributed by atoms with E-state index in [0.29, 0.717) is 27.6 Å².